The monoisotopic (exact) mass is 443 g/mol. The van der Waals surface area contributed by atoms with E-state index in [1.54, 1.807) is 42.5 Å². The highest BCUT2D eigenvalue weighted by Crippen LogP contribution is 2.19. The third-order valence-corrected chi connectivity index (χ3v) is 5.34. The largest absolute Gasteiger partial charge is 0.465 e. The normalized spacial score (nSPS) is 10.7. The SMILES string of the molecule is COC(=O)c1ccccc1NC(=S)Nc1ccc(S(=O)(=O)Nc2ncccn2)cc1. The quantitative estimate of drug-likeness (QED) is 0.390. The van der Waals surface area contributed by atoms with Gasteiger partial charge in [-0.2, -0.15) is 0 Å². The lowest BCUT2D eigenvalue weighted by atomic mass is 10.2. The number of aromatic nitrogens is 2. The van der Waals surface area contributed by atoms with Crippen LogP contribution in [-0.4, -0.2) is 36.6 Å². The zero-order chi connectivity index (χ0) is 21.6. The topological polar surface area (TPSA) is 122 Å². The molecule has 0 aliphatic rings. The highest BCUT2D eigenvalue weighted by molar-refractivity contribution is 7.92. The summed E-state index contributed by atoms with van der Waals surface area (Å²) in [4.78, 5) is 19.6. The number of thiocarbonyl (C=S) groups is 1. The number of hydrogen-bond acceptors (Lipinski definition) is 7. The number of para-hydroxylation sites is 1. The second-order valence-corrected chi connectivity index (χ2v) is 7.91. The number of methoxy groups -OCH3 is 1. The number of esters is 1. The van der Waals surface area contributed by atoms with E-state index in [0.717, 1.165) is 0 Å². The Balaban J connectivity index is 1.67. The molecule has 1 aromatic heterocycles. The van der Waals surface area contributed by atoms with E-state index in [1.807, 2.05) is 0 Å². The molecular formula is C19H17N5O4S2. The van der Waals surface area contributed by atoms with Crippen molar-refractivity contribution in [1.29, 1.82) is 0 Å². The molecule has 3 rings (SSSR count). The van der Waals surface area contributed by atoms with Crippen molar-refractivity contribution >= 4 is 50.6 Å². The summed E-state index contributed by atoms with van der Waals surface area (Å²) < 4.78 is 31.9. The van der Waals surface area contributed by atoms with Gasteiger partial charge in [-0.1, -0.05) is 12.1 Å². The molecule has 3 N–H and O–H groups in total. The van der Waals surface area contributed by atoms with Crippen LogP contribution in [0.2, 0.25) is 0 Å². The van der Waals surface area contributed by atoms with Gasteiger partial charge in [0.1, 0.15) is 0 Å². The molecule has 2 aromatic carbocycles. The van der Waals surface area contributed by atoms with Crippen molar-refractivity contribution in [3.05, 3.63) is 72.6 Å². The number of sulfonamides is 1. The van der Waals surface area contributed by atoms with Crippen LogP contribution in [0, 0.1) is 0 Å². The molecule has 0 fully saturated rings. The summed E-state index contributed by atoms with van der Waals surface area (Å²) in [6.45, 7) is 0. The number of benzene rings is 2. The minimum Gasteiger partial charge on any atom is -0.465 e. The summed E-state index contributed by atoms with van der Waals surface area (Å²) in [5.74, 6) is -0.514. The minimum absolute atomic E-state index is 0.0191. The molecule has 0 spiro atoms. The molecule has 1 heterocycles. The number of carbonyl (C=O) groups is 1. The predicted molar refractivity (Wildman–Crippen MR) is 117 cm³/mol. The average molecular weight is 444 g/mol. The van der Waals surface area contributed by atoms with Gasteiger partial charge in [0.15, 0.2) is 5.11 Å². The maximum atomic E-state index is 12.4. The van der Waals surface area contributed by atoms with E-state index in [4.69, 9.17) is 17.0 Å². The van der Waals surface area contributed by atoms with Crippen LogP contribution in [0.25, 0.3) is 0 Å². The lowest BCUT2D eigenvalue weighted by molar-refractivity contribution is 0.0602. The van der Waals surface area contributed by atoms with Gasteiger partial charge in [-0.3, -0.25) is 0 Å². The maximum absolute atomic E-state index is 12.4. The van der Waals surface area contributed by atoms with Gasteiger partial charge in [-0.05, 0) is 54.7 Å². The van der Waals surface area contributed by atoms with Gasteiger partial charge in [0.25, 0.3) is 10.0 Å². The lowest BCUT2D eigenvalue weighted by Crippen LogP contribution is -2.21. The number of anilines is 3. The van der Waals surface area contributed by atoms with Crippen LogP contribution >= 0.6 is 12.2 Å². The molecule has 0 aliphatic heterocycles. The van der Waals surface area contributed by atoms with E-state index < -0.39 is 16.0 Å². The summed E-state index contributed by atoms with van der Waals surface area (Å²) in [6, 6.07) is 14.3. The van der Waals surface area contributed by atoms with E-state index in [2.05, 4.69) is 25.3 Å². The van der Waals surface area contributed by atoms with Crippen molar-refractivity contribution < 1.29 is 17.9 Å². The first-order valence-corrected chi connectivity index (χ1v) is 10.4. The Morgan fingerprint density at radius 2 is 1.63 bits per heavy atom. The third kappa shape index (κ3) is 5.27. The van der Waals surface area contributed by atoms with Gasteiger partial charge in [0.05, 0.1) is 23.3 Å². The zero-order valence-corrected chi connectivity index (χ0v) is 17.3. The van der Waals surface area contributed by atoms with E-state index in [9.17, 15) is 13.2 Å². The first-order chi connectivity index (χ1) is 14.4. The van der Waals surface area contributed by atoms with E-state index in [1.165, 1.54) is 31.6 Å². The predicted octanol–water partition coefficient (Wildman–Crippen LogP) is 2.87. The van der Waals surface area contributed by atoms with Crippen LogP contribution in [0.3, 0.4) is 0 Å². The van der Waals surface area contributed by atoms with Crippen LogP contribution in [0.15, 0.2) is 71.9 Å². The lowest BCUT2D eigenvalue weighted by Gasteiger charge is -2.13. The molecule has 0 saturated carbocycles. The van der Waals surface area contributed by atoms with Crippen molar-refractivity contribution in [2.45, 2.75) is 4.90 Å². The molecule has 11 heteroatoms. The Bertz CT molecular complexity index is 1150. The second-order valence-electron chi connectivity index (χ2n) is 5.82. The highest BCUT2D eigenvalue weighted by atomic mass is 32.2. The van der Waals surface area contributed by atoms with Crippen LogP contribution in [-0.2, 0) is 14.8 Å². The standard InChI is InChI=1S/C19H17N5O4S2/c1-28-17(25)15-5-2-3-6-16(15)23-19(29)22-13-7-9-14(10-8-13)30(26,27)24-18-20-11-4-12-21-18/h2-12H,1H3,(H,20,21,24)(H2,22,23,29). The van der Waals surface area contributed by atoms with E-state index in [0.29, 0.717) is 16.9 Å². The summed E-state index contributed by atoms with van der Waals surface area (Å²) in [5.41, 5.74) is 1.37. The van der Waals surface area contributed by atoms with E-state index in [-0.39, 0.29) is 16.0 Å². The molecule has 0 radical (unpaired) electrons. The molecule has 0 aliphatic carbocycles. The van der Waals surface area contributed by atoms with Crippen LogP contribution in [0.4, 0.5) is 17.3 Å². The van der Waals surface area contributed by atoms with Crippen molar-refractivity contribution in [3.8, 4) is 0 Å². The molecule has 0 unspecified atom stereocenters. The first-order valence-electron chi connectivity index (χ1n) is 8.54. The molecule has 154 valence electrons. The number of hydrogen-bond donors (Lipinski definition) is 3. The molecule has 0 saturated heterocycles. The number of nitrogens with one attached hydrogen (secondary N) is 3. The van der Waals surface area contributed by atoms with Crippen LogP contribution in [0.5, 0.6) is 0 Å². The maximum Gasteiger partial charge on any atom is 0.339 e. The Hall–Kier alpha value is -3.57. The number of nitrogens with zero attached hydrogens (tertiary/aromatic N) is 2. The Morgan fingerprint density at radius 1 is 0.967 bits per heavy atom. The summed E-state index contributed by atoms with van der Waals surface area (Å²) in [7, 11) is -2.53. The molecule has 0 amide bonds. The number of carbonyl (C=O) groups excluding carboxylic acids is 1. The Morgan fingerprint density at radius 3 is 2.30 bits per heavy atom. The van der Waals surface area contributed by atoms with Gasteiger partial charge in [0.2, 0.25) is 5.95 Å². The Labute approximate surface area is 178 Å². The van der Waals surface area contributed by atoms with Crippen LogP contribution < -0.4 is 15.4 Å². The Kier molecular flexibility index (Phi) is 6.54. The van der Waals surface area contributed by atoms with Crippen molar-refractivity contribution in [1.82, 2.24) is 9.97 Å². The van der Waals surface area contributed by atoms with Gasteiger partial charge < -0.3 is 15.4 Å². The van der Waals surface area contributed by atoms with Gasteiger partial charge in [0, 0.05) is 18.1 Å². The molecule has 9 nitrogen and oxygen atoms in total. The van der Waals surface area contributed by atoms with Crippen LogP contribution in [0.1, 0.15) is 10.4 Å². The van der Waals surface area contributed by atoms with Crippen molar-refractivity contribution in [2.75, 3.05) is 22.5 Å². The first kappa shape index (κ1) is 21.1. The molecular weight excluding hydrogens is 426 g/mol. The minimum atomic E-state index is -3.83. The van der Waals surface area contributed by atoms with Gasteiger partial charge >= 0.3 is 5.97 Å². The number of rotatable bonds is 6. The molecule has 0 atom stereocenters. The van der Waals surface area contributed by atoms with Gasteiger partial charge in [-0.25, -0.2) is 27.9 Å². The highest BCUT2D eigenvalue weighted by Gasteiger charge is 2.16. The van der Waals surface area contributed by atoms with Gasteiger partial charge in [-0.15, -0.1) is 0 Å². The summed E-state index contributed by atoms with van der Waals surface area (Å²) >= 11 is 5.27. The van der Waals surface area contributed by atoms with Crippen molar-refractivity contribution in [3.63, 3.8) is 0 Å². The summed E-state index contributed by atoms with van der Waals surface area (Å²) in [6.07, 6.45) is 2.87. The molecule has 30 heavy (non-hydrogen) atoms. The molecule has 0 bridgehead atoms. The fourth-order valence-corrected chi connectivity index (χ4v) is 3.60. The second kappa shape index (κ2) is 9.29. The molecule has 3 aromatic rings. The van der Waals surface area contributed by atoms with E-state index >= 15 is 0 Å². The zero-order valence-electron chi connectivity index (χ0n) is 15.7. The fraction of sp³-hybridized carbons (Fsp3) is 0.0526. The number of ether oxygens (including phenoxy) is 1. The smallest absolute Gasteiger partial charge is 0.339 e. The summed E-state index contributed by atoms with van der Waals surface area (Å²) in [5, 5.41) is 6.08. The van der Waals surface area contributed by atoms with Crippen molar-refractivity contribution in [2.24, 2.45) is 0 Å². The fourth-order valence-electron chi connectivity index (χ4n) is 2.41. The average Bonchev–Trinajstić information content (AvgIpc) is 2.74. The third-order valence-electron chi connectivity index (χ3n) is 3.79.